The number of benzene rings is 3. The number of hydrogen-bond donors (Lipinski definition) is 3. The summed E-state index contributed by atoms with van der Waals surface area (Å²) in [6.07, 6.45) is 0. The van der Waals surface area contributed by atoms with Gasteiger partial charge in [-0.05, 0) is 54.5 Å². The Kier molecular flexibility index (Phi) is 7.17. The first-order valence-electron chi connectivity index (χ1n) is 9.44. The van der Waals surface area contributed by atoms with Crippen molar-refractivity contribution in [2.75, 3.05) is 24.9 Å². The van der Waals surface area contributed by atoms with Crippen LogP contribution in [-0.2, 0) is 0 Å². The van der Waals surface area contributed by atoms with Gasteiger partial charge < -0.3 is 25.8 Å². The van der Waals surface area contributed by atoms with Crippen LogP contribution in [0.25, 0.3) is 11.1 Å². The molecule has 0 saturated carbocycles. The number of ether oxygens (including phenoxy) is 2. The molecule has 0 aliphatic heterocycles. The van der Waals surface area contributed by atoms with E-state index in [1.165, 1.54) is 20.3 Å². The predicted molar refractivity (Wildman–Crippen MR) is 129 cm³/mol. The number of aryl methyl sites for hydroxylation is 1. The number of carbonyl (C=O) groups excluding carboxylic acids is 1. The van der Waals surface area contributed by atoms with Gasteiger partial charge in [-0.15, -0.1) is 0 Å². The van der Waals surface area contributed by atoms with E-state index in [1.807, 2.05) is 13.0 Å². The molecule has 166 valence electrons. The molecule has 3 aromatic carbocycles. The molecule has 0 fully saturated rings. The van der Waals surface area contributed by atoms with E-state index in [9.17, 15) is 9.18 Å². The van der Waals surface area contributed by atoms with Crippen LogP contribution < -0.4 is 25.8 Å². The van der Waals surface area contributed by atoms with Gasteiger partial charge in [0.15, 0.2) is 5.11 Å². The summed E-state index contributed by atoms with van der Waals surface area (Å²) in [4.78, 5) is 11.4. The minimum atomic E-state index is -0.814. The Balaban J connectivity index is 1.81. The molecule has 0 aromatic heterocycles. The zero-order valence-corrected chi connectivity index (χ0v) is 19.2. The third-order valence-electron chi connectivity index (χ3n) is 4.76. The number of primary amides is 1. The van der Waals surface area contributed by atoms with Crippen LogP contribution in [0.15, 0.2) is 48.5 Å². The Morgan fingerprint density at radius 1 is 1.03 bits per heavy atom. The van der Waals surface area contributed by atoms with E-state index in [0.717, 1.165) is 5.56 Å². The zero-order valence-electron chi connectivity index (χ0n) is 17.6. The molecule has 6 nitrogen and oxygen atoms in total. The molecular weight excluding hydrogens is 453 g/mol. The molecular formula is C23H21ClFN3O3S. The van der Waals surface area contributed by atoms with Gasteiger partial charge in [0.05, 0.1) is 30.5 Å². The van der Waals surface area contributed by atoms with Crippen molar-refractivity contribution in [1.29, 1.82) is 0 Å². The summed E-state index contributed by atoms with van der Waals surface area (Å²) in [5.74, 6) is -0.478. The number of carbonyl (C=O) groups is 1. The molecule has 0 unspecified atom stereocenters. The summed E-state index contributed by atoms with van der Waals surface area (Å²) in [6, 6.07) is 13.2. The lowest BCUT2D eigenvalue weighted by Crippen LogP contribution is -2.19. The normalized spacial score (nSPS) is 10.4. The average molecular weight is 474 g/mol. The Morgan fingerprint density at radius 3 is 2.38 bits per heavy atom. The molecule has 3 aromatic rings. The summed E-state index contributed by atoms with van der Waals surface area (Å²) in [6.45, 7) is 1.83. The number of hydrogen-bond acceptors (Lipinski definition) is 4. The highest BCUT2D eigenvalue weighted by Gasteiger charge is 2.16. The lowest BCUT2D eigenvalue weighted by Gasteiger charge is -2.16. The molecule has 32 heavy (non-hydrogen) atoms. The van der Waals surface area contributed by atoms with E-state index in [0.29, 0.717) is 44.1 Å². The van der Waals surface area contributed by atoms with E-state index < -0.39 is 11.7 Å². The summed E-state index contributed by atoms with van der Waals surface area (Å²) in [7, 11) is 3.04. The molecule has 0 radical (unpaired) electrons. The van der Waals surface area contributed by atoms with Gasteiger partial charge in [0.2, 0.25) is 0 Å². The van der Waals surface area contributed by atoms with Crippen molar-refractivity contribution in [2.45, 2.75) is 6.92 Å². The van der Waals surface area contributed by atoms with Gasteiger partial charge in [0.1, 0.15) is 17.3 Å². The van der Waals surface area contributed by atoms with E-state index in [-0.39, 0.29) is 5.56 Å². The maximum absolute atomic E-state index is 14.7. The van der Waals surface area contributed by atoms with Crippen LogP contribution in [0.1, 0.15) is 15.9 Å². The Bertz CT molecular complexity index is 1200. The average Bonchev–Trinajstić information content (AvgIpc) is 2.74. The van der Waals surface area contributed by atoms with Crippen LogP contribution in [-0.4, -0.2) is 25.2 Å². The third-order valence-corrected chi connectivity index (χ3v) is 5.26. The lowest BCUT2D eigenvalue weighted by atomic mass is 9.97. The topological polar surface area (TPSA) is 85.6 Å². The second kappa shape index (κ2) is 9.84. The minimum Gasteiger partial charge on any atom is -0.495 e. The molecule has 0 bridgehead atoms. The SMILES string of the molecule is COc1cc(OC)c(NC(=S)Nc2ccc(-c3cccc(C(N)=O)c3F)c(C)c2)cc1Cl. The molecule has 0 spiro atoms. The fraction of sp³-hybridized carbons (Fsp3) is 0.130. The van der Waals surface area contributed by atoms with Crippen molar-refractivity contribution in [1.82, 2.24) is 0 Å². The number of thiocarbonyl (C=S) groups is 1. The van der Waals surface area contributed by atoms with Crippen LogP contribution in [0.4, 0.5) is 15.8 Å². The van der Waals surface area contributed by atoms with Gasteiger partial charge in [-0.3, -0.25) is 4.79 Å². The first kappa shape index (κ1) is 23.3. The molecule has 4 N–H and O–H groups in total. The third kappa shape index (κ3) is 4.92. The van der Waals surface area contributed by atoms with Crippen LogP contribution in [0.3, 0.4) is 0 Å². The monoisotopic (exact) mass is 473 g/mol. The van der Waals surface area contributed by atoms with Gasteiger partial charge >= 0.3 is 0 Å². The molecule has 0 aliphatic rings. The molecule has 0 saturated heterocycles. The Hall–Kier alpha value is -3.36. The number of methoxy groups -OCH3 is 2. The minimum absolute atomic E-state index is 0.151. The standard InChI is InChI=1S/C23H21ClFN3O3S/c1-12-9-13(7-8-14(12)15-5-4-6-16(21(15)25)22(26)29)27-23(32)28-18-10-17(24)19(30-2)11-20(18)31-3/h4-11H,1-3H3,(H2,26,29)(H2,27,28,32). The molecule has 0 aliphatic carbocycles. The quantitative estimate of drug-likeness (QED) is 0.417. The summed E-state index contributed by atoms with van der Waals surface area (Å²) >= 11 is 11.6. The van der Waals surface area contributed by atoms with Crippen molar-refractivity contribution in [3.8, 4) is 22.6 Å². The van der Waals surface area contributed by atoms with E-state index in [1.54, 1.807) is 36.4 Å². The maximum atomic E-state index is 14.7. The van der Waals surface area contributed by atoms with Crippen molar-refractivity contribution < 1.29 is 18.7 Å². The smallest absolute Gasteiger partial charge is 0.251 e. The number of rotatable bonds is 6. The van der Waals surface area contributed by atoms with Gasteiger partial charge in [0.25, 0.3) is 5.91 Å². The second-order valence-corrected chi connectivity index (χ2v) is 7.64. The summed E-state index contributed by atoms with van der Waals surface area (Å²) in [5, 5.41) is 6.82. The van der Waals surface area contributed by atoms with Crippen molar-refractivity contribution in [2.24, 2.45) is 5.73 Å². The van der Waals surface area contributed by atoms with Gasteiger partial charge in [-0.1, -0.05) is 29.8 Å². The van der Waals surface area contributed by atoms with Crippen LogP contribution >= 0.6 is 23.8 Å². The lowest BCUT2D eigenvalue weighted by molar-refractivity contribution is 0.0996. The first-order valence-corrected chi connectivity index (χ1v) is 10.2. The molecule has 0 heterocycles. The first-order chi connectivity index (χ1) is 15.2. The molecule has 1 amide bonds. The fourth-order valence-electron chi connectivity index (χ4n) is 3.22. The number of amides is 1. The number of anilines is 2. The molecule has 3 rings (SSSR count). The van der Waals surface area contributed by atoms with Crippen LogP contribution in [0, 0.1) is 12.7 Å². The predicted octanol–water partition coefficient (Wildman–Crippen LogP) is 5.38. The van der Waals surface area contributed by atoms with E-state index >= 15 is 0 Å². The van der Waals surface area contributed by atoms with Crippen molar-refractivity contribution in [3.63, 3.8) is 0 Å². The highest BCUT2D eigenvalue weighted by molar-refractivity contribution is 7.80. The highest BCUT2D eigenvalue weighted by Crippen LogP contribution is 2.36. The highest BCUT2D eigenvalue weighted by atomic mass is 35.5. The largest absolute Gasteiger partial charge is 0.495 e. The summed E-state index contributed by atoms with van der Waals surface area (Å²) < 4.78 is 25.3. The zero-order chi connectivity index (χ0) is 23.4. The second-order valence-electron chi connectivity index (χ2n) is 6.83. The van der Waals surface area contributed by atoms with Gasteiger partial charge in [-0.2, -0.15) is 0 Å². The number of nitrogens with two attached hydrogens (primary N) is 1. The van der Waals surface area contributed by atoms with Crippen LogP contribution in [0.2, 0.25) is 5.02 Å². The van der Waals surface area contributed by atoms with Gasteiger partial charge in [-0.25, -0.2) is 4.39 Å². The number of halogens is 2. The molecule has 0 atom stereocenters. The van der Waals surface area contributed by atoms with Crippen molar-refractivity contribution in [3.05, 3.63) is 70.5 Å². The molecule has 9 heteroatoms. The number of nitrogens with one attached hydrogen (secondary N) is 2. The van der Waals surface area contributed by atoms with E-state index in [2.05, 4.69) is 10.6 Å². The Labute approximate surface area is 195 Å². The Morgan fingerprint density at radius 2 is 1.75 bits per heavy atom. The maximum Gasteiger partial charge on any atom is 0.251 e. The fourth-order valence-corrected chi connectivity index (χ4v) is 3.68. The van der Waals surface area contributed by atoms with Gasteiger partial charge in [0, 0.05) is 17.3 Å². The van der Waals surface area contributed by atoms with Crippen LogP contribution in [0.5, 0.6) is 11.5 Å². The summed E-state index contributed by atoms with van der Waals surface area (Å²) in [5.41, 5.74) is 8.07. The van der Waals surface area contributed by atoms with Crippen molar-refractivity contribution >= 4 is 46.2 Å². The van der Waals surface area contributed by atoms with E-state index in [4.69, 9.17) is 39.0 Å².